The number of sulfonamides is 1. The first-order chi connectivity index (χ1) is 10.7. The molecule has 0 fully saturated rings. The maximum atomic E-state index is 12.3. The Morgan fingerprint density at radius 2 is 1.70 bits per heavy atom. The van der Waals surface area contributed by atoms with E-state index in [0.29, 0.717) is 15.6 Å². The topological polar surface area (TPSA) is 89.3 Å². The Morgan fingerprint density at radius 3 is 2.22 bits per heavy atom. The van der Waals surface area contributed by atoms with Gasteiger partial charge in [0, 0.05) is 18.2 Å². The van der Waals surface area contributed by atoms with E-state index in [9.17, 15) is 18.5 Å². The summed E-state index contributed by atoms with van der Waals surface area (Å²) in [4.78, 5) is 9.95. The van der Waals surface area contributed by atoms with E-state index in [-0.39, 0.29) is 10.6 Å². The maximum absolute atomic E-state index is 12.3. The highest BCUT2D eigenvalue weighted by Gasteiger charge is 2.20. The lowest BCUT2D eigenvalue weighted by atomic mass is 10.1. The molecule has 0 saturated heterocycles. The van der Waals surface area contributed by atoms with Crippen molar-refractivity contribution in [1.29, 1.82) is 0 Å². The van der Waals surface area contributed by atoms with Crippen LogP contribution in [0.25, 0.3) is 0 Å². The van der Waals surface area contributed by atoms with Crippen molar-refractivity contribution in [2.75, 3.05) is 0 Å². The minimum absolute atomic E-state index is 0.0602. The zero-order chi connectivity index (χ0) is 17.2. The van der Waals surface area contributed by atoms with E-state index in [1.165, 1.54) is 12.1 Å². The third-order valence-electron chi connectivity index (χ3n) is 3.13. The molecule has 2 aromatic carbocycles. The van der Waals surface area contributed by atoms with Gasteiger partial charge >= 0.3 is 0 Å². The molecule has 1 unspecified atom stereocenters. The smallest absolute Gasteiger partial charge is 0.258 e. The van der Waals surface area contributed by atoms with Gasteiger partial charge in [-0.15, -0.1) is 0 Å². The first-order valence-corrected chi connectivity index (χ1v) is 8.66. The van der Waals surface area contributed by atoms with Gasteiger partial charge in [-0.25, -0.2) is 13.1 Å². The average Bonchev–Trinajstić information content (AvgIpc) is 2.49. The molecule has 1 atom stereocenters. The minimum atomic E-state index is -3.82. The summed E-state index contributed by atoms with van der Waals surface area (Å²) < 4.78 is 27.1. The fourth-order valence-electron chi connectivity index (χ4n) is 1.90. The van der Waals surface area contributed by atoms with Crippen LogP contribution in [-0.2, 0) is 10.0 Å². The van der Waals surface area contributed by atoms with Crippen LogP contribution in [0.1, 0.15) is 18.5 Å². The van der Waals surface area contributed by atoms with Crippen molar-refractivity contribution >= 4 is 38.9 Å². The summed E-state index contributed by atoms with van der Waals surface area (Å²) in [5.74, 6) is 0. The molecular weight excluding hydrogens is 363 g/mol. The Kier molecular flexibility index (Phi) is 5.26. The minimum Gasteiger partial charge on any atom is -0.258 e. The van der Waals surface area contributed by atoms with E-state index < -0.39 is 21.0 Å². The van der Waals surface area contributed by atoms with Gasteiger partial charge in [0.25, 0.3) is 5.69 Å². The molecule has 0 bridgehead atoms. The van der Waals surface area contributed by atoms with E-state index in [1.807, 2.05) is 0 Å². The SMILES string of the molecule is CC(NS(=O)(=O)c1ccc([N+](=O)[O-])cc1)c1ccc(Cl)c(Cl)c1. The number of rotatable bonds is 5. The lowest BCUT2D eigenvalue weighted by molar-refractivity contribution is -0.384. The zero-order valence-electron chi connectivity index (χ0n) is 11.9. The van der Waals surface area contributed by atoms with E-state index in [0.717, 1.165) is 12.1 Å². The summed E-state index contributed by atoms with van der Waals surface area (Å²) in [7, 11) is -3.82. The molecule has 0 radical (unpaired) electrons. The molecule has 0 aliphatic heterocycles. The molecule has 122 valence electrons. The van der Waals surface area contributed by atoms with Crippen molar-refractivity contribution in [3.63, 3.8) is 0 Å². The molecule has 0 heterocycles. The van der Waals surface area contributed by atoms with Gasteiger partial charge in [0.2, 0.25) is 10.0 Å². The van der Waals surface area contributed by atoms with E-state index in [2.05, 4.69) is 4.72 Å². The maximum Gasteiger partial charge on any atom is 0.269 e. The second-order valence-electron chi connectivity index (χ2n) is 4.77. The van der Waals surface area contributed by atoms with Crippen molar-refractivity contribution in [2.45, 2.75) is 17.9 Å². The van der Waals surface area contributed by atoms with Crippen LogP contribution in [-0.4, -0.2) is 13.3 Å². The fraction of sp³-hybridized carbons (Fsp3) is 0.143. The monoisotopic (exact) mass is 374 g/mol. The number of nitro benzene ring substituents is 1. The second kappa shape index (κ2) is 6.84. The number of benzene rings is 2. The van der Waals surface area contributed by atoms with Crippen LogP contribution in [0.15, 0.2) is 47.4 Å². The quantitative estimate of drug-likeness (QED) is 0.633. The van der Waals surface area contributed by atoms with Gasteiger partial charge in [-0.05, 0) is 36.8 Å². The number of non-ortho nitro benzene ring substituents is 1. The molecule has 0 saturated carbocycles. The number of hydrogen-bond donors (Lipinski definition) is 1. The molecule has 0 aliphatic rings. The first-order valence-electron chi connectivity index (χ1n) is 6.42. The lowest BCUT2D eigenvalue weighted by Gasteiger charge is -2.15. The third kappa shape index (κ3) is 4.20. The van der Waals surface area contributed by atoms with Crippen LogP contribution < -0.4 is 4.72 Å². The summed E-state index contributed by atoms with van der Waals surface area (Å²) in [6.07, 6.45) is 0. The lowest BCUT2D eigenvalue weighted by Crippen LogP contribution is -2.26. The summed E-state index contributed by atoms with van der Waals surface area (Å²) in [5, 5.41) is 11.3. The van der Waals surface area contributed by atoms with Crippen molar-refractivity contribution in [1.82, 2.24) is 4.72 Å². The molecule has 0 amide bonds. The highest BCUT2D eigenvalue weighted by Crippen LogP contribution is 2.26. The zero-order valence-corrected chi connectivity index (χ0v) is 14.2. The third-order valence-corrected chi connectivity index (χ3v) is 5.43. The van der Waals surface area contributed by atoms with E-state index >= 15 is 0 Å². The average molecular weight is 375 g/mol. The van der Waals surface area contributed by atoms with Crippen LogP contribution in [0.2, 0.25) is 10.0 Å². The van der Waals surface area contributed by atoms with Crippen LogP contribution in [0.4, 0.5) is 5.69 Å². The summed E-state index contributed by atoms with van der Waals surface area (Å²) in [5.41, 5.74) is 0.464. The van der Waals surface area contributed by atoms with Gasteiger partial charge in [-0.2, -0.15) is 0 Å². The van der Waals surface area contributed by atoms with Crippen LogP contribution in [0.3, 0.4) is 0 Å². The van der Waals surface area contributed by atoms with E-state index in [1.54, 1.807) is 25.1 Å². The fourth-order valence-corrected chi connectivity index (χ4v) is 3.44. The Bertz CT molecular complexity index is 838. The molecule has 6 nitrogen and oxygen atoms in total. The molecular formula is C14H12Cl2N2O4S. The van der Waals surface area contributed by atoms with Gasteiger partial charge in [-0.1, -0.05) is 29.3 Å². The van der Waals surface area contributed by atoms with Crippen LogP contribution >= 0.6 is 23.2 Å². The van der Waals surface area contributed by atoms with Crippen molar-refractivity contribution in [2.24, 2.45) is 0 Å². The van der Waals surface area contributed by atoms with Gasteiger partial charge < -0.3 is 0 Å². The highest BCUT2D eigenvalue weighted by molar-refractivity contribution is 7.89. The normalized spacial score (nSPS) is 12.8. The van der Waals surface area contributed by atoms with Gasteiger partial charge in [0.15, 0.2) is 0 Å². The number of halogens is 2. The summed E-state index contributed by atoms with van der Waals surface area (Å²) in [6.45, 7) is 1.66. The standard InChI is InChI=1S/C14H12Cl2N2O4S/c1-9(10-2-7-13(15)14(16)8-10)17-23(21,22)12-5-3-11(4-6-12)18(19)20/h2-9,17H,1H3. The molecule has 23 heavy (non-hydrogen) atoms. The number of nitrogens with zero attached hydrogens (tertiary/aromatic N) is 1. The molecule has 2 rings (SSSR count). The number of nitrogens with one attached hydrogen (secondary N) is 1. The van der Waals surface area contributed by atoms with Gasteiger partial charge in [0.1, 0.15) is 0 Å². The van der Waals surface area contributed by atoms with Crippen molar-refractivity contribution in [3.05, 3.63) is 68.2 Å². The molecule has 0 spiro atoms. The van der Waals surface area contributed by atoms with E-state index in [4.69, 9.17) is 23.2 Å². The second-order valence-corrected chi connectivity index (χ2v) is 7.30. The first kappa shape index (κ1) is 17.7. The van der Waals surface area contributed by atoms with Crippen molar-refractivity contribution in [3.8, 4) is 0 Å². The molecule has 9 heteroatoms. The highest BCUT2D eigenvalue weighted by atomic mass is 35.5. The molecule has 0 aromatic heterocycles. The molecule has 1 N–H and O–H groups in total. The molecule has 2 aromatic rings. The van der Waals surface area contributed by atoms with Crippen molar-refractivity contribution < 1.29 is 13.3 Å². The Balaban J connectivity index is 2.22. The predicted molar refractivity (Wildman–Crippen MR) is 88.3 cm³/mol. The Morgan fingerprint density at radius 1 is 1.09 bits per heavy atom. The Labute approximate surface area is 143 Å². The van der Waals surface area contributed by atoms with Crippen LogP contribution in [0, 0.1) is 10.1 Å². The van der Waals surface area contributed by atoms with Crippen LogP contribution in [0.5, 0.6) is 0 Å². The molecule has 0 aliphatic carbocycles. The summed E-state index contributed by atoms with van der Waals surface area (Å²) >= 11 is 11.7. The largest absolute Gasteiger partial charge is 0.269 e. The van der Waals surface area contributed by atoms with Gasteiger partial charge in [0.05, 0.1) is 19.9 Å². The number of hydrogen-bond acceptors (Lipinski definition) is 4. The van der Waals surface area contributed by atoms with Gasteiger partial charge in [-0.3, -0.25) is 10.1 Å². The summed E-state index contributed by atoms with van der Waals surface area (Å²) in [6, 6.07) is 8.91. The Hall–Kier alpha value is -1.67. The predicted octanol–water partition coefficient (Wildman–Crippen LogP) is 3.94. The number of nitro groups is 1.